The third kappa shape index (κ3) is 3.63. The van der Waals surface area contributed by atoms with Gasteiger partial charge in [-0.05, 0) is 23.6 Å². The van der Waals surface area contributed by atoms with Crippen molar-refractivity contribution < 1.29 is 5.11 Å². The first-order valence-electron chi connectivity index (χ1n) is 11.3. The van der Waals surface area contributed by atoms with Gasteiger partial charge in [0.1, 0.15) is 0 Å². The maximum Gasteiger partial charge on any atom is 0.332 e. The van der Waals surface area contributed by atoms with Crippen LogP contribution in [0, 0.1) is 0 Å². The number of pyridine rings is 1. The van der Waals surface area contributed by atoms with Crippen molar-refractivity contribution in [2.24, 2.45) is 7.05 Å². The van der Waals surface area contributed by atoms with Crippen LogP contribution in [0.3, 0.4) is 0 Å². The summed E-state index contributed by atoms with van der Waals surface area (Å²) >= 11 is 0. The Morgan fingerprint density at radius 1 is 0.914 bits per heavy atom. The lowest BCUT2D eigenvalue weighted by Crippen LogP contribution is -2.38. The minimum Gasteiger partial charge on any atom is -0.494 e. The van der Waals surface area contributed by atoms with E-state index in [2.05, 4.69) is 9.97 Å². The SMILES string of the molecule is CCCc1c(O)n2c3c(=O)n(C)c(=O)n(Cc4cccnc4)c3nc2n(Cc2ccccc2)c1=O. The molecule has 0 aliphatic rings. The Balaban J connectivity index is 1.91. The van der Waals surface area contributed by atoms with Crippen molar-refractivity contribution in [2.75, 3.05) is 0 Å². The molecular weight excluding hydrogens is 448 g/mol. The smallest absolute Gasteiger partial charge is 0.332 e. The first kappa shape index (κ1) is 22.3. The summed E-state index contributed by atoms with van der Waals surface area (Å²) in [5.74, 6) is -0.240. The average Bonchev–Trinajstić information content (AvgIpc) is 3.27. The van der Waals surface area contributed by atoms with Gasteiger partial charge in [0.05, 0.1) is 18.7 Å². The van der Waals surface area contributed by atoms with Crippen molar-refractivity contribution in [3.8, 4) is 5.88 Å². The largest absolute Gasteiger partial charge is 0.494 e. The summed E-state index contributed by atoms with van der Waals surface area (Å²) in [6.45, 7) is 2.21. The summed E-state index contributed by atoms with van der Waals surface area (Å²) in [7, 11) is 1.38. The van der Waals surface area contributed by atoms with Crippen LogP contribution in [0.2, 0.25) is 0 Å². The summed E-state index contributed by atoms with van der Waals surface area (Å²) in [5.41, 5.74) is 0.371. The van der Waals surface area contributed by atoms with Crippen LogP contribution in [-0.4, -0.2) is 33.2 Å². The summed E-state index contributed by atoms with van der Waals surface area (Å²) in [5, 5.41) is 11.2. The van der Waals surface area contributed by atoms with Crippen LogP contribution in [-0.2, 0) is 26.6 Å². The molecule has 0 bridgehead atoms. The maximum absolute atomic E-state index is 13.5. The molecule has 0 aliphatic heterocycles. The molecule has 178 valence electrons. The van der Waals surface area contributed by atoms with Crippen molar-refractivity contribution in [1.82, 2.24) is 28.1 Å². The Morgan fingerprint density at radius 3 is 2.31 bits per heavy atom. The molecule has 4 heterocycles. The summed E-state index contributed by atoms with van der Waals surface area (Å²) < 4.78 is 5.08. The Kier molecular flexibility index (Phi) is 5.56. The van der Waals surface area contributed by atoms with E-state index in [1.54, 1.807) is 18.5 Å². The van der Waals surface area contributed by atoms with Gasteiger partial charge in [-0.15, -0.1) is 0 Å². The van der Waals surface area contributed by atoms with Gasteiger partial charge in [-0.1, -0.05) is 49.7 Å². The quantitative estimate of drug-likeness (QED) is 0.402. The summed E-state index contributed by atoms with van der Waals surface area (Å²) in [6.07, 6.45) is 4.20. The minimum atomic E-state index is -0.609. The van der Waals surface area contributed by atoms with E-state index in [1.165, 1.54) is 20.6 Å². The highest BCUT2D eigenvalue weighted by atomic mass is 16.3. The Morgan fingerprint density at radius 2 is 1.63 bits per heavy atom. The molecule has 0 unspecified atom stereocenters. The van der Waals surface area contributed by atoms with Crippen LogP contribution in [0.25, 0.3) is 16.9 Å². The number of rotatable bonds is 6. The van der Waals surface area contributed by atoms with Gasteiger partial charge < -0.3 is 5.11 Å². The lowest BCUT2D eigenvalue weighted by molar-refractivity contribution is 0.433. The van der Waals surface area contributed by atoms with Crippen molar-refractivity contribution in [1.29, 1.82) is 0 Å². The van der Waals surface area contributed by atoms with E-state index in [-0.39, 0.29) is 47.0 Å². The second-order valence-corrected chi connectivity index (χ2v) is 8.44. The zero-order valence-corrected chi connectivity index (χ0v) is 19.4. The first-order chi connectivity index (χ1) is 16.9. The highest BCUT2D eigenvalue weighted by Crippen LogP contribution is 2.23. The number of imidazole rings is 1. The lowest BCUT2D eigenvalue weighted by Gasteiger charge is -2.13. The molecule has 5 rings (SSSR count). The van der Waals surface area contributed by atoms with Crippen molar-refractivity contribution in [2.45, 2.75) is 32.9 Å². The van der Waals surface area contributed by atoms with E-state index < -0.39 is 11.2 Å². The summed E-state index contributed by atoms with van der Waals surface area (Å²) in [6, 6.07) is 13.0. The van der Waals surface area contributed by atoms with Gasteiger partial charge in [-0.25, -0.2) is 9.20 Å². The highest BCUT2D eigenvalue weighted by Gasteiger charge is 2.25. The van der Waals surface area contributed by atoms with E-state index in [0.29, 0.717) is 12.8 Å². The monoisotopic (exact) mass is 472 g/mol. The molecular formula is C25H24N6O4. The minimum absolute atomic E-state index is 0.0302. The van der Waals surface area contributed by atoms with E-state index in [4.69, 9.17) is 0 Å². The fourth-order valence-electron chi connectivity index (χ4n) is 4.35. The molecule has 0 atom stereocenters. The highest BCUT2D eigenvalue weighted by molar-refractivity contribution is 5.76. The van der Waals surface area contributed by atoms with E-state index in [1.807, 2.05) is 43.3 Å². The molecule has 4 aromatic heterocycles. The average molecular weight is 473 g/mol. The van der Waals surface area contributed by atoms with Crippen molar-refractivity contribution in [3.05, 3.63) is 103 Å². The second kappa shape index (κ2) is 8.71. The van der Waals surface area contributed by atoms with Crippen LogP contribution in [0.1, 0.15) is 30.0 Å². The predicted molar refractivity (Wildman–Crippen MR) is 131 cm³/mol. The third-order valence-corrected chi connectivity index (χ3v) is 6.10. The van der Waals surface area contributed by atoms with E-state index >= 15 is 0 Å². The number of nitrogens with zero attached hydrogens (tertiary/aromatic N) is 6. The first-order valence-corrected chi connectivity index (χ1v) is 11.3. The van der Waals surface area contributed by atoms with Gasteiger partial charge in [-0.3, -0.25) is 28.3 Å². The van der Waals surface area contributed by atoms with Crippen LogP contribution in [0.15, 0.2) is 69.2 Å². The molecule has 0 radical (unpaired) electrons. The van der Waals surface area contributed by atoms with Gasteiger partial charge in [0.15, 0.2) is 11.2 Å². The predicted octanol–water partition coefficient (Wildman–Crippen LogP) is 1.66. The second-order valence-electron chi connectivity index (χ2n) is 8.44. The Bertz CT molecular complexity index is 1730. The van der Waals surface area contributed by atoms with Gasteiger partial charge in [0.2, 0.25) is 11.7 Å². The van der Waals surface area contributed by atoms with Gasteiger partial charge in [0.25, 0.3) is 11.1 Å². The molecule has 0 saturated heterocycles. The van der Waals surface area contributed by atoms with E-state index in [9.17, 15) is 19.5 Å². The van der Waals surface area contributed by atoms with Crippen LogP contribution in [0.5, 0.6) is 5.88 Å². The lowest BCUT2D eigenvalue weighted by atomic mass is 10.1. The van der Waals surface area contributed by atoms with Crippen LogP contribution in [0.4, 0.5) is 0 Å². The molecule has 1 N–H and O–H groups in total. The Hall–Kier alpha value is -4.47. The molecule has 5 aromatic rings. The molecule has 1 aromatic carbocycles. The molecule has 0 saturated carbocycles. The zero-order valence-electron chi connectivity index (χ0n) is 19.4. The molecule has 10 heteroatoms. The fourth-order valence-corrected chi connectivity index (χ4v) is 4.35. The van der Waals surface area contributed by atoms with Crippen LogP contribution >= 0.6 is 0 Å². The van der Waals surface area contributed by atoms with E-state index in [0.717, 1.165) is 15.7 Å². The molecule has 10 nitrogen and oxygen atoms in total. The third-order valence-electron chi connectivity index (χ3n) is 6.10. The standard InChI is InChI=1S/C25H24N6O4/c1-3-8-18-21(32)30(14-16-9-5-4-6-10-16)24-27-20-19(31(24)22(18)33)23(34)28(2)25(35)29(20)15-17-11-7-12-26-13-17/h4-7,9-13,33H,3,8,14-15H2,1-2H3. The molecule has 35 heavy (non-hydrogen) atoms. The number of aromatic nitrogens is 6. The Labute approximate surface area is 199 Å². The van der Waals surface area contributed by atoms with Gasteiger partial charge in [0, 0.05) is 19.4 Å². The maximum atomic E-state index is 13.5. The summed E-state index contributed by atoms with van der Waals surface area (Å²) in [4.78, 5) is 48.5. The number of hydrogen-bond donors (Lipinski definition) is 1. The normalized spacial score (nSPS) is 11.5. The number of aromatic hydroxyl groups is 1. The van der Waals surface area contributed by atoms with Crippen molar-refractivity contribution in [3.63, 3.8) is 0 Å². The number of fused-ring (bicyclic) bond motifs is 3. The molecule has 0 aliphatic carbocycles. The van der Waals surface area contributed by atoms with Gasteiger partial charge >= 0.3 is 5.69 Å². The van der Waals surface area contributed by atoms with Crippen molar-refractivity contribution >= 4 is 16.9 Å². The molecule has 0 spiro atoms. The fraction of sp³-hybridized carbons (Fsp3) is 0.240. The zero-order chi connectivity index (χ0) is 24.7. The topological polar surface area (TPSA) is 116 Å². The number of benzene rings is 1. The molecule has 0 fully saturated rings. The molecule has 0 amide bonds. The van der Waals surface area contributed by atoms with Crippen LogP contribution < -0.4 is 16.8 Å². The number of hydrogen-bond acceptors (Lipinski definition) is 6. The van der Waals surface area contributed by atoms with Gasteiger partial charge in [-0.2, -0.15) is 4.98 Å².